The highest BCUT2D eigenvalue weighted by Gasteiger charge is 2.22. The lowest BCUT2D eigenvalue weighted by Gasteiger charge is -2.20. The number of carbonyl (C=O) groups excluding carboxylic acids is 1. The Morgan fingerprint density at radius 2 is 1.94 bits per heavy atom. The van der Waals surface area contributed by atoms with E-state index in [-0.39, 0.29) is 12.3 Å². The fourth-order valence-corrected chi connectivity index (χ4v) is 1.84. The molecule has 0 aromatic carbocycles. The van der Waals surface area contributed by atoms with Crippen LogP contribution in [0.1, 0.15) is 40.0 Å². The van der Waals surface area contributed by atoms with Crippen molar-refractivity contribution < 1.29 is 19.4 Å². The second-order valence-electron chi connectivity index (χ2n) is 4.86. The number of hydrogen-bond donors (Lipinski definition) is 2. The minimum absolute atomic E-state index is 0.195. The van der Waals surface area contributed by atoms with Gasteiger partial charge in [0.15, 0.2) is 0 Å². The number of carboxylic acid groups (broad SMARTS) is 1. The Labute approximate surface area is 109 Å². The van der Waals surface area contributed by atoms with Crippen LogP contribution in [0.25, 0.3) is 0 Å². The molecule has 5 heteroatoms. The van der Waals surface area contributed by atoms with E-state index in [1.807, 2.05) is 6.92 Å². The summed E-state index contributed by atoms with van der Waals surface area (Å²) in [5, 5.41) is 11.5. The molecule has 0 spiro atoms. The van der Waals surface area contributed by atoms with E-state index in [4.69, 9.17) is 9.84 Å². The third kappa shape index (κ3) is 6.59. The second kappa shape index (κ2) is 8.91. The fourth-order valence-electron chi connectivity index (χ4n) is 1.84. The molecule has 1 amide bonds. The first kappa shape index (κ1) is 16.9. The minimum Gasteiger partial charge on any atom is -0.480 e. The van der Waals surface area contributed by atoms with Crippen molar-refractivity contribution in [3.8, 4) is 0 Å². The van der Waals surface area contributed by atoms with Gasteiger partial charge in [-0.15, -0.1) is 0 Å². The van der Waals surface area contributed by atoms with E-state index in [2.05, 4.69) is 19.2 Å². The highest BCUT2D eigenvalue weighted by Crippen LogP contribution is 2.18. The maximum absolute atomic E-state index is 11.8. The molecular formula is C13H25NO4. The van der Waals surface area contributed by atoms with Crippen LogP contribution in [0.2, 0.25) is 0 Å². The molecule has 0 fully saturated rings. The lowest BCUT2D eigenvalue weighted by atomic mass is 9.90. The van der Waals surface area contributed by atoms with Crippen LogP contribution in [0.5, 0.6) is 0 Å². The molecule has 0 bridgehead atoms. The molecule has 2 unspecified atom stereocenters. The number of carbonyl (C=O) groups is 2. The largest absolute Gasteiger partial charge is 0.480 e. The molecule has 106 valence electrons. The summed E-state index contributed by atoms with van der Waals surface area (Å²) < 4.78 is 4.83. The van der Waals surface area contributed by atoms with Crippen LogP contribution >= 0.6 is 0 Å². The van der Waals surface area contributed by atoms with Crippen LogP contribution in [0, 0.1) is 11.8 Å². The molecule has 0 rings (SSSR count). The van der Waals surface area contributed by atoms with Gasteiger partial charge in [0.05, 0.1) is 0 Å². The van der Waals surface area contributed by atoms with Crippen LogP contribution in [-0.2, 0) is 14.3 Å². The Bertz CT molecular complexity index is 266. The molecule has 0 aliphatic heterocycles. The summed E-state index contributed by atoms with van der Waals surface area (Å²) in [4.78, 5) is 22.7. The van der Waals surface area contributed by atoms with Crippen LogP contribution < -0.4 is 5.32 Å². The van der Waals surface area contributed by atoms with Crippen molar-refractivity contribution in [2.75, 3.05) is 13.7 Å². The average molecular weight is 259 g/mol. The molecule has 5 nitrogen and oxygen atoms in total. The van der Waals surface area contributed by atoms with Gasteiger partial charge in [-0.05, 0) is 11.8 Å². The molecular weight excluding hydrogens is 234 g/mol. The van der Waals surface area contributed by atoms with E-state index in [0.717, 1.165) is 6.42 Å². The van der Waals surface area contributed by atoms with E-state index >= 15 is 0 Å². The molecule has 0 radical (unpaired) electrons. The van der Waals surface area contributed by atoms with Crippen molar-refractivity contribution in [3.63, 3.8) is 0 Å². The molecule has 0 aromatic rings. The normalized spacial score (nSPS) is 14.3. The Morgan fingerprint density at radius 3 is 2.33 bits per heavy atom. The Kier molecular flexibility index (Phi) is 8.37. The number of amides is 1. The maximum atomic E-state index is 11.8. The summed E-state index contributed by atoms with van der Waals surface area (Å²) in [5.74, 6) is -0.498. The van der Waals surface area contributed by atoms with E-state index in [9.17, 15) is 9.59 Å². The Hall–Kier alpha value is -1.10. The van der Waals surface area contributed by atoms with Crippen LogP contribution in [0.4, 0.5) is 0 Å². The molecule has 0 saturated carbocycles. The van der Waals surface area contributed by atoms with Crippen molar-refractivity contribution in [2.45, 2.75) is 46.1 Å². The highest BCUT2D eigenvalue weighted by molar-refractivity contribution is 5.83. The standard InChI is InChI=1S/C13H25NO4/c1-5-10(9(2)3)8-12(15)14-11(13(16)17)6-7-18-4/h9-11H,5-8H2,1-4H3,(H,14,15)(H,16,17). The lowest BCUT2D eigenvalue weighted by molar-refractivity contribution is -0.142. The number of methoxy groups -OCH3 is 1. The molecule has 0 saturated heterocycles. The van der Waals surface area contributed by atoms with E-state index in [1.54, 1.807) is 0 Å². The van der Waals surface area contributed by atoms with E-state index in [1.165, 1.54) is 7.11 Å². The fraction of sp³-hybridized carbons (Fsp3) is 0.846. The number of ether oxygens (including phenoxy) is 1. The zero-order valence-corrected chi connectivity index (χ0v) is 11.7. The van der Waals surface area contributed by atoms with Gasteiger partial charge in [0.1, 0.15) is 6.04 Å². The van der Waals surface area contributed by atoms with Gasteiger partial charge in [-0.3, -0.25) is 4.79 Å². The van der Waals surface area contributed by atoms with Crippen molar-refractivity contribution >= 4 is 11.9 Å². The van der Waals surface area contributed by atoms with Gasteiger partial charge in [-0.2, -0.15) is 0 Å². The monoisotopic (exact) mass is 259 g/mol. The number of rotatable bonds is 9. The predicted molar refractivity (Wildman–Crippen MR) is 69.3 cm³/mol. The van der Waals surface area contributed by atoms with E-state index < -0.39 is 12.0 Å². The molecule has 0 aliphatic carbocycles. The van der Waals surface area contributed by atoms with Crippen LogP contribution in [-0.4, -0.2) is 36.7 Å². The Morgan fingerprint density at radius 1 is 1.33 bits per heavy atom. The predicted octanol–water partition coefficient (Wildman–Crippen LogP) is 1.66. The minimum atomic E-state index is -1.02. The lowest BCUT2D eigenvalue weighted by Crippen LogP contribution is -2.42. The first-order valence-corrected chi connectivity index (χ1v) is 6.43. The quantitative estimate of drug-likeness (QED) is 0.660. The molecule has 0 heterocycles. The number of aliphatic carboxylic acids is 1. The zero-order valence-electron chi connectivity index (χ0n) is 11.7. The van der Waals surface area contributed by atoms with Gasteiger partial charge in [0.25, 0.3) is 0 Å². The third-order valence-corrected chi connectivity index (χ3v) is 3.16. The van der Waals surface area contributed by atoms with Gasteiger partial charge >= 0.3 is 5.97 Å². The second-order valence-corrected chi connectivity index (χ2v) is 4.86. The first-order valence-electron chi connectivity index (χ1n) is 6.43. The maximum Gasteiger partial charge on any atom is 0.326 e. The van der Waals surface area contributed by atoms with Crippen molar-refractivity contribution in [1.82, 2.24) is 5.32 Å². The topological polar surface area (TPSA) is 75.6 Å². The summed E-state index contributed by atoms with van der Waals surface area (Å²) in [6.07, 6.45) is 1.59. The molecule has 2 N–H and O–H groups in total. The SMILES string of the molecule is CCC(CC(=O)NC(CCOC)C(=O)O)C(C)C. The summed E-state index contributed by atoms with van der Waals surface area (Å²) in [6.45, 7) is 6.50. The Balaban J connectivity index is 4.28. The van der Waals surface area contributed by atoms with Crippen molar-refractivity contribution in [3.05, 3.63) is 0 Å². The molecule has 2 atom stereocenters. The van der Waals surface area contributed by atoms with Crippen molar-refractivity contribution in [2.24, 2.45) is 11.8 Å². The number of hydrogen-bond acceptors (Lipinski definition) is 3. The van der Waals surface area contributed by atoms with E-state index in [0.29, 0.717) is 24.9 Å². The number of nitrogens with one attached hydrogen (secondary N) is 1. The van der Waals surface area contributed by atoms with Crippen LogP contribution in [0.3, 0.4) is 0 Å². The van der Waals surface area contributed by atoms with Gasteiger partial charge in [-0.25, -0.2) is 4.79 Å². The average Bonchev–Trinajstić information content (AvgIpc) is 2.30. The molecule has 0 aromatic heterocycles. The summed E-state index contributed by atoms with van der Waals surface area (Å²) in [7, 11) is 1.51. The van der Waals surface area contributed by atoms with Crippen molar-refractivity contribution in [1.29, 1.82) is 0 Å². The molecule has 0 aliphatic rings. The molecule has 18 heavy (non-hydrogen) atoms. The van der Waals surface area contributed by atoms with Gasteiger partial charge in [-0.1, -0.05) is 27.2 Å². The number of carboxylic acids is 1. The van der Waals surface area contributed by atoms with Gasteiger partial charge in [0.2, 0.25) is 5.91 Å². The van der Waals surface area contributed by atoms with Gasteiger partial charge < -0.3 is 15.2 Å². The smallest absolute Gasteiger partial charge is 0.326 e. The zero-order chi connectivity index (χ0) is 14.1. The van der Waals surface area contributed by atoms with Gasteiger partial charge in [0, 0.05) is 26.6 Å². The third-order valence-electron chi connectivity index (χ3n) is 3.16. The summed E-state index contributed by atoms with van der Waals surface area (Å²) >= 11 is 0. The van der Waals surface area contributed by atoms with Crippen LogP contribution in [0.15, 0.2) is 0 Å². The highest BCUT2D eigenvalue weighted by atomic mass is 16.5. The summed E-state index contributed by atoms with van der Waals surface area (Å²) in [5.41, 5.74) is 0. The summed E-state index contributed by atoms with van der Waals surface area (Å²) in [6, 6.07) is -0.859. The first-order chi connectivity index (χ1) is 8.42.